The van der Waals surface area contributed by atoms with Crippen molar-refractivity contribution in [3.8, 4) is 0 Å². The summed E-state index contributed by atoms with van der Waals surface area (Å²) in [5.41, 5.74) is -0.274. The third-order valence-electron chi connectivity index (χ3n) is 4.87. The molecule has 1 aromatic rings. The maximum absolute atomic E-state index is 12.5. The molecule has 2 aliphatic rings. The van der Waals surface area contributed by atoms with Crippen molar-refractivity contribution in [3.05, 3.63) is 34.9 Å². The minimum Gasteiger partial charge on any atom is -0.338 e. The van der Waals surface area contributed by atoms with Crippen LogP contribution in [0.15, 0.2) is 24.3 Å². The number of amides is 4. The molecule has 2 aliphatic heterocycles. The highest BCUT2D eigenvalue weighted by Crippen LogP contribution is 2.35. The summed E-state index contributed by atoms with van der Waals surface area (Å²) in [5.74, 6) is -0.282. The number of halogens is 1. The number of imide groups is 1. The van der Waals surface area contributed by atoms with Gasteiger partial charge < -0.3 is 9.80 Å². The molecule has 1 aromatic carbocycles. The summed E-state index contributed by atoms with van der Waals surface area (Å²) in [7, 11) is 3.15. The van der Waals surface area contributed by atoms with Gasteiger partial charge in [-0.05, 0) is 31.0 Å². The van der Waals surface area contributed by atoms with Gasteiger partial charge in [-0.3, -0.25) is 14.5 Å². The third-order valence-corrected chi connectivity index (χ3v) is 5.10. The molecule has 0 saturated carbocycles. The van der Waals surface area contributed by atoms with Gasteiger partial charge in [0, 0.05) is 37.8 Å². The third kappa shape index (κ3) is 2.37. The number of urea groups is 1. The molecule has 0 aromatic heterocycles. The van der Waals surface area contributed by atoms with Gasteiger partial charge in [0.15, 0.2) is 0 Å². The Kier molecular flexibility index (Phi) is 3.80. The summed E-state index contributed by atoms with van der Waals surface area (Å²) >= 11 is 5.93. The fraction of sp³-hybridized carbons (Fsp3) is 0.438. The zero-order valence-electron chi connectivity index (χ0n) is 13.1. The number of carbonyl (C=O) groups is 3. The van der Waals surface area contributed by atoms with Crippen molar-refractivity contribution in [1.82, 2.24) is 14.7 Å². The van der Waals surface area contributed by atoms with E-state index in [1.165, 1.54) is 11.9 Å². The predicted molar refractivity (Wildman–Crippen MR) is 85.2 cm³/mol. The molecule has 3 rings (SSSR count). The van der Waals surface area contributed by atoms with Gasteiger partial charge in [-0.15, -0.1) is 0 Å². The summed E-state index contributed by atoms with van der Waals surface area (Å²) in [6.07, 6.45) is 0.898. The maximum Gasteiger partial charge on any atom is 0.327 e. The summed E-state index contributed by atoms with van der Waals surface area (Å²) in [6.45, 7) is 0.866. The molecule has 1 spiro atoms. The van der Waals surface area contributed by atoms with Crippen LogP contribution in [0.3, 0.4) is 0 Å². The lowest BCUT2D eigenvalue weighted by Gasteiger charge is -2.40. The Labute approximate surface area is 139 Å². The van der Waals surface area contributed by atoms with Gasteiger partial charge in [0.25, 0.3) is 11.8 Å². The Morgan fingerprint density at radius 1 is 1.17 bits per heavy atom. The van der Waals surface area contributed by atoms with Crippen molar-refractivity contribution in [2.75, 3.05) is 27.2 Å². The fourth-order valence-corrected chi connectivity index (χ4v) is 3.57. The number of likely N-dealkylation sites (N-methyl/N-ethyl adjacent to an activating group) is 2. The molecule has 2 fully saturated rings. The first-order valence-electron chi connectivity index (χ1n) is 7.47. The lowest BCUT2D eigenvalue weighted by molar-refractivity contribution is -0.134. The Balaban J connectivity index is 1.75. The summed E-state index contributed by atoms with van der Waals surface area (Å²) < 4.78 is 0. The highest BCUT2D eigenvalue weighted by atomic mass is 35.5. The summed E-state index contributed by atoms with van der Waals surface area (Å²) in [6, 6.07) is 6.53. The van der Waals surface area contributed by atoms with Crippen molar-refractivity contribution >= 4 is 29.4 Å². The molecule has 7 heteroatoms. The number of rotatable bonds is 1. The molecular weight excluding hydrogens is 318 g/mol. The molecular formula is C16H18ClN3O3. The lowest BCUT2D eigenvalue weighted by atomic mass is 9.86. The molecule has 0 N–H and O–H groups in total. The van der Waals surface area contributed by atoms with Crippen molar-refractivity contribution in [3.63, 3.8) is 0 Å². The van der Waals surface area contributed by atoms with E-state index in [1.807, 2.05) is 0 Å². The largest absolute Gasteiger partial charge is 0.338 e. The van der Waals surface area contributed by atoms with Crippen LogP contribution in [-0.4, -0.2) is 65.3 Å². The Morgan fingerprint density at radius 3 is 2.35 bits per heavy atom. The van der Waals surface area contributed by atoms with Gasteiger partial charge in [0.05, 0.1) is 0 Å². The van der Waals surface area contributed by atoms with Crippen LogP contribution in [0, 0.1) is 0 Å². The molecule has 0 bridgehead atoms. The minimum absolute atomic E-state index is 0.102. The van der Waals surface area contributed by atoms with Crippen LogP contribution < -0.4 is 0 Å². The van der Waals surface area contributed by atoms with Crippen LogP contribution in [0.5, 0.6) is 0 Å². The monoisotopic (exact) mass is 335 g/mol. The van der Waals surface area contributed by atoms with Gasteiger partial charge in [-0.2, -0.15) is 0 Å². The maximum atomic E-state index is 12.5. The molecule has 6 nitrogen and oxygen atoms in total. The van der Waals surface area contributed by atoms with E-state index in [0.29, 0.717) is 36.5 Å². The fourth-order valence-electron chi connectivity index (χ4n) is 3.38. The van der Waals surface area contributed by atoms with Crippen molar-refractivity contribution < 1.29 is 14.4 Å². The van der Waals surface area contributed by atoms with Crippen molar-refractivity contribution in [1.29, 1.82) is 0 Å². The van der Waals surface area contributed by atoms with Crippen molar-refractivity contribution in [2.24, 2.45) is 0 Å². The molecule has 23 heavy (non-hydrogen) atoms. The Morgan fingerprint density at radius 2 is 1.83 bits per heavy atom. The molecule has 0 unspecified atom stereocenters. The zero-order chi connectivity index (χ0) is 16.8. The quantitative estimate of drug-likeness (QED) is 0.736. The summed E-state index contributed by atoms with van der Waals surface area (Å²) in [5, 5.41) is 0.516. The van der Waals surface area contributed by atoms with Crippen LogP contribution in [0.4, 0.5) is 4.79 Å². The van der Waals surface area contributed by atoms with Gasteiger partial charge >= 0.3 is 6.03 Å². The number of benzene rings is 1. The molecule has 2 saturated heterocycles. The number of hydrogen-bond donors (Lipinski definition) is 0. The second-order valence-electron chi connectivity index (χ2n) is 6.04. The van der Waals surface area contributed by atoms with E-state index in [0.717, 1.165) is 4.90 Å². The van der Waals surface area contributed by atoms with Crippen LogP contribution in [0.25, 0.3) is 0 Å². The van der Waals surface area contributed by atoms with Crippen LogP contribution >= 0.6 is 11.6 Å². The number of nitrogens with zero attached hydrogens (tertiary/aromatic N) is 3. The normalized spacial score (nSPS) is 20.6. The van der Waals surface area contributed by atoms with Crippen LogP contribution in [0.2, 0.25) is 5.02 Å². The average Bonchev–Trinajstić information content (AvgIpc) is 2.71. The van der Waals surface area contributed by atoms with Crippen LogP contribution in [-0.2, 0) is 4.79 Å². The predicted octanol–water partition coefficient (Wildman–Crippen LogP) is 1.84. The average molecular weight is 336 g/mol. The number of likely N-dealkylation sites (tertiary alicyclic amines) is 1. The SMILES string of the molecule is CN1C(=O)N(C)C2(CCN(C(=O)c3cccc(Cl)c3)CC2)C1=O. The highest BCUT2D eigenvalue weighted by molar-refractivity contribution is 6.30. The lowest BCUT2D eigenvalue weighted by Crippen LogP contribution is -2.56. The first kappa shape index (κ1) is 15.8. The second-order valence-corrected chi connectivity index (χ2v) is 6.48. The highest BCUT2D eigenvalue weighted by Gasteiger charge is 2.55. The molecule has 122 valence electrons. The molecule has 0 atom stereocenters. The summed E-state index contributed by atoms with van der Waals surface area (Å²) in [4.78, 5) is 41.4. The Hall–Kier alpha value is -2.08. The first-order valence-corrected chi connectivity index (χ1v) is 7.85. The van der Waals surface area contributed by atoms with E-state index in [9.17, 15) is 14.4 Å². The second kappa shape index (κ2) is 5.53. The van der Waals surface area contributed by atoms with E-state index in [1.54, 1.807) is 36.2 Å². The Bertz CT molecular complexity index is 683. The van der Waals surface area contributed by atoms with E-state index < -0.39 is 5.54 Å². The van der Waals surface area contributed by atoms with Crippen LogP contribution in [0.1, 0.15) is 23.2 Å². The molecule has 0 aliphatic carbocycles. The molecule has 4 amide bonds. The first-order chi connectivity index (χ1) is 10.9. The van der Waals surface area contributed by atoms with Crippen molar-refractivity contribution in [2.45, 2.75) is 18.4 Å². The van der Waals surface area contributed by atoms with Gasteiger partial charge in [0.1, 0.15) is 5.54 Å². The van der Waals surface area contributed by atoms with E-state index in [-0.39, 0.29) is 17.8 Å². The van der Waals surface area contributed by atoms with E-state index in [4.69, 9.17) is 11.6 Å². The standard InChI is InChI=1S/C16H18ClN3O3/c1-18-14(22)16(19(2)15(18)23)6-8-20(9-7-16)13(21)11-4-3-5-12(17)10-11/h3-5,10H,6-9H2,1-2H3. The van der Waals surface area contributed by atoms with Gasteiger partial charge in [-0.1, -0.05) is 17.7 Å². The van der Waals surface area contributed by atoms with E-state index in [2.05, 4.69) is 0 Å². The van der Waals surface area contributed by atoms with Gasteiger partial charge in [-0.25, -0.2) is 4.79 Å². The topological polar surface area (TPSA) is 60.9 Å². The smallest absolute Gasteiger partial charge is 0.327 e. The molecule has 0 radical (unpaired) electrons. The number of carbonyl (C=O) groups excluding carboxylic acids is 3. The van der Waals surface area contributed by atoms with E-state index >= 15 is 0 Å². The zero-order valence-corrected chi connectivity index (χ0v) is 13.8. The van der Waals surface area contributed by atoms with Gasteiger partial charge in [0.2, 0.25) is 0 Å². The minimum atomic E-state index is -0.809. The molecule has 2 heterocycles. The number of piperidine rings is 1. The number of hydrogen-bond acceptors (Lipinski definition) is 3.